The van der Waals surface area contributed by atoms with Gasteiger partial charge < -0.3 is 4.98 Å². The first-order valence-electron chi connectivity index (χ1n) is 7.29. The number of fused-ring (bicyclic) bond motifs is 1. The third-order valence-corrected chi connectivity index (χ3v) is 4.57. The molecule has 0 spiro atoms. The maximum atomic E-state index is 13.1. The maximum Gasteiger partial charge on any atom is 0.341 e. The molecule has 0 radical (unpaired) electrons. The number of aromatic nitrogens is 4. The molecule has 0 saturated heterocycles. The fraction of sp³-hybridized carbons (Fsp3) is 0. The van der Waals surface area contributed by atoms with Gasteiger partial charge in [-0.05, 0) is 36.4 Å². The number of pyridine rings is 1. The number of hydrogen-bond acceptors (Lipinski definition) is 3. The maximum absolute atomic E-state index is 13.1. The number of aromatic amines is 1. The first-order valence-corrected chi connectivity index (χ1v) is 8.04. The van der Waals surface area contributed by atoms with Gasteiger partial charge in [-0.3, -0.25) is 9.78 Å². The van der Waals surface area contributed by atoms with E-state index in [4.69, 9.17) is 23.2 Å². The van der Waals surface area contributed by atoms with Gasteiger partial charge in [0.15, 0.2) is 0 Å². The Morgan fingerprint density at radius 3 is 2.52 bits per heavy atom. The number of benzene rings is 1. The van der Waals surface area contributed by atoms with Crippen molar-refractivity contribution in [3.05, 3.63) is 85.9 Å². The Bertz CT molecular complexity index is 1210. The van der Waals surface area contributed by atoms with Crippen LogP contribution in [0.25, 0.3) is 22.4 Å². The van der Waals surface area contributed by atoms with Crippen molar-refractivity contribution in [3.63, 3.8) is 0 Å². The van der Waals surface area contributed by atoms with E-state index in [0.29, 0.717) is 32.5 Å². The minimum absolute atomic E-state index is 0.310. The van der Waals surface area contributed by atoms with Crippen molar-refractivity contribution in [3.8, 4) is 11.4 Å². The van der Waals surface area contributed by atoms with E-state index in [2.05, 4.69) is 9.97 Å². The molecule has 0 aliphatic heterocycles. The largest absolute Gasteiger partial charge is 0.347 e. The van der Waals surface area contributed by atoms with Crippen LogP contribution in [0.4, 0.5) is 0 Å². The normalized spacial score (nSPS) is 11.1. The predicted molar refractivity (Wildman–Crippen MR) is 97.3 cm³/mol. The Kier molecular flexibility index (Phi) is 3.71. The molecule has 0 atom stereocenters. The summed E-state index contributed by atoms with van der Waals surface area (Å²) in [6.07, 6.45) is 4.63. The van der Waals surface area contributed by atoms with Crippen LogP contribution in [0.15, 0.2) is 64.6 Å². The second-order valence-corrected chi connectivity index (χ2v) is 6.12. The highest BCUT2D eigenvalue weighted by Crippen LogP contribution is 2.25. The first kappa shape index (κ1) is 15.7. The van der Waals surface area contributed by atoms with Gasteiger partial charge in [-0.25, -0.2) is 13.9 Å². The quantitative estimate of drug-likeness (QED) is 0.587. The average Bonchev–Trinajstić information content (AvgIpc) is 3.09. The van der Waals surface area contributed by atoms with Crippen molar-refractivity contribution in [1.82, 2.24) is 19.1 Å². The van der Waals surface area contributed by atoms with Crippen LogP contribution in [-0.2, 0) is 0 Å². The summed E-state index contributed by atoms with van der Waals surface area (Å²) < 4.78 is 2.46. The van der Waals surface area contributed by atoms with Gasteiger partial charge in [-0.15, -0.1) is 0 Å². The van der Waals surface area contributed by atoms with E-state index in [-0.39, 0.29) is 0 Å². The van der Waals surface area contributed by atoms with E-state index >= 15 is 0 Å². The predicted octanol–water partition coefficient (Wildman–Crippen LogP) is 3.17. The number of H-pyrrole nitrogens is 1. The molecule has 3 aromatic heterocycles. The molecule has 25 heavy (non-hydrogen) atoms. The molecular formula is C17H10Cl2N4O2. The summed E-state index contributed by atoms with van der Waals surface area (Å²) in [7, 11) is 0. The first-order chi connectivity index (χ1) is 12.1. The molecule has 4 rings (SSSR count). The molecule has 0 fully saturated rings. The zero-order valence-electron chi connectivity index (χ0n) is 12.6. The molecule has 0 saturated carbocycles. The van der Waals surface area contributed by atoms with Gasteiger partial charge >= 0.3 is 5.69 Å². The van der Waals surface area contributed by atoms with Crippen molar-refractivity contribution >= 4 is 34.2 Å². The molecule has 0 bridgehead atoms. The summed E-state index contributed by atoms with van der Waals surface area (Å²) in [5.41, 5.74) is 0.296. The number of rotatable bonds is 2. The Morgan fingerprint density at radius 2 is 1.80 bits per heavy atom. The lowest BCUT2D eigenvalue weighted by atomic mass is 10.3. The van der Waals surface area contributed by atoms with Gasteiger partial charge in [0, 0.05) is 12.4 Å². The van der Waals surface area contributed by atoms with Crippen LogP contribution in [0.5, 0.6) is 0 Å². The molecule has 8 heteroatoms. The molecule has 6 nitrogen and oxygen atoms in total. The van der Waals surface area contributed by atoms with E-state index in [1.165, 1.54) is 10.8 Å². The van der Waals surface area contributed by atoms with Crippen LogP contribution in [0, 0.1) is 0 Å². The van der Waals surface area contributed by atoms with Crippen LogP contribution >= 0.6 is 23.2 Å². The van der Waals surface area contributed by atoms with Gasteiger partial charge in [-0.2, -0.15) is 0 Å². The highest BCUT2D eigenvalue weighted by Gasteiger charge is 2.17. The lowest BCUT2D eigenvalue weighted by molar-refractivity contribution is 0.826. The van der Waals surface area contributed by atoms with E-state index in [1.54, 1.807) is 48.8 Å². The minimum Gasteiger partial charge on any atom is -0.347 e. The van der Waals surface area contributed by atoms with Gasteiger partial charge in [0.05, 0.1) is 33.0 Å². The second-order valence-electron chi connectivity index (χ2n) is 5.31. The summed E-state index contributed by atoms with van der Waals surface area (Å²) in [5, 5.41) is 1.06. The van der Waals surface area contributed by atoms with Crippen LogP contribution in [0.2, 0.25) is 10.0 Å². The van der Waals surface area contributed by atoms with E-state index in [1.807, 2.05) is 0 Å². The number of nitrogens with zero attached hydrogens (tertiary/aromatic N) is 3. The SMILES string of the molecule is O=c1c2cc[nH]c2n(-c2ccc(Cl)c(Cl)c2)c(=O)n1-c1cccnc1. The lowest BCUT2D eigenvalue weighted by Gasteiger charge is -2.12. The zero-order chi connectivity index (χ0) is 17.6. The molecule has 1 aromatic carbocycles. The van der Waals surface area contributed by atoms with E-state index in [0.717, 1.165) is 4.57 Å². The fourth-order valence-electron chi connectivity index (χ4n) is 2.70. The average molecular weight is 373 g/mol. The zero-order valence-corrected chi connectivity index (χ0v) is 14.1. The molecular weight excluding hydrogens is 363 g/mol. The highest BCUT2D eigenvalue weighted by molar-refractivity contribution is 6.42. The summed E-state index contributed by atoms with van der Waals surface area (Å²) >= 11 is 12.1. The monoisotopic (exact) mass is 372 g/mol. The molecule has 0 aliphatic rings. The molecule has 0 aliphatic carbocycles. The highest BCUT2D eigenvalue weighted by atomic mass is 35.5. The van der Waals surface area contributed by atoms with E-state index < -0.39 is 11.2 Å². The number of nitrogens with one attached hydrogen (secondary N) is 1. The van der Waals surface area contributed by atoms with Crippen LogP contribution in [0.3, 0.4) is 0 Å². The van der Waals surface area contributed by atoms with Crippen molar-refractivity contribution in [2.75, 3.05) is 0 Å². The molecule has 124 valence electrons. The Labute approximate surface area is 150 Å². The number of hydrogen-bond donors (Lipinski definition) is 1. The molecule has 1 N–H and O–H groups in total. The smallest absolute Gasteiger partial charge is 0.341 e. The summed E-state index contributed by atoms with van der Waals surface area (Å²) in [4.78, 5) is 32.8. The van der Waals surface area contributed by atoms with Crippen molar-refractivity contribution in [2.24, 2.45) is 0 Å². The van der Waals surface area contributed by atoms with Crippen molar-refractivity contribution < 1.29 is 0 Å². The van der Waals surface area contributed by atoms with Gasteiger partial charge in [-0.1, -0.05) is 23.2 Å². The van der Waals surface area contributed by atoms with Crippen molar-refractivity contribution in [2.45, 2.75) is 0 Å². The van der Waals surface area contributed by atoms with E-state index in [9.17, 15) is 9.59 Å². The van der Waals surface area contributed by atoms with Crippen LogP contribution < -0.4 is 11.2 Å². The molecule has 0 unspecified atom stereocenters. The molecule has 4 aromatic rings. The van der Waals surface area contributed by atoms with Crippen molar-refractivity contribution in [1.29, 1.82) is 0 Å². The minimum atomic E-state index is -0.536. The molecule has 0 amide bonds. The summed E-state index contributed by atoms with van der Waals surface area (Å²) in [5.74, 6) is 0. The Balaban J connectivity index is 2.15. The van der Waals surface area contributed by atoms with Gasteiger partial charge in [0.2, 0.25) is 0 Å². The van der Waals surface area contributed by atoms with Crippen LogP contribution in [0.1, 0.15) is 0 Å². The standard InChI is InChI=1S/C17H10Cl2N4O2/c18-13-4-3-10(8-14(13)19)22-15-12(5-7-21-15)16(24)23(17(22)25)11-2-1-6-20-9-11/h1-9,21H. The number of halogens is 2. The topological polar surface area (TPSA) is 72.7 Å². The third-order valence-electron chi connectivity index (χ3n) is 3.83. The Morgan fingerprint density at radius 1 is 0.960 bits per heavy atom. The lowest BCUT2D eigenvalue weighted by Crippen LogP contribution is -2.38. The van der Waals surface area contributed by atoms with Crippen LogP contribution in [-0.4, -0.2) is 19.1 Å². The second kappa shape index (κ2) is 5.91. The Hall–Kier alpha value is -2.83. The molecule has 3 heterocycles. The van der Waals surface area contributed by atoms with Gasteiger partial charge in [0.1, 0.15) is 5.65 Å². The summed E-state index contributed by atoms with van der Waals surface area (Å²) in [6.45, 7) is 0. The fourth-order valence-corrected chi connectivity index (χ4v) is 2.99. The third kappa shape index (κ3) is 2.47. The summed E-state index contributed by atoms with van der Waals surface area (Å²) in [6, 6.07) is 9.76. The van der Waals surface area contributed by atoms with Gasteiger partial charge in [0.25, 0.3) is 5.56 Å².